The molecule has 0 amide bonds. The topological polar surface area (TPSA) is 22.1 Å². The van der Waals surface area contributed by atoms with Gasteiger partial charge in [0.25, 0.3) is 0 Å². The molecular weight excluding hydrogens is 279 g/mol. The number of hydrogen-bond donors (Lipinski definition) is 0. The van der Waals surface area contributed by atoms with Crippen molar-refractivity contribution in [3.8, 4) is 5.75 Å². The standard InChI is InChI=1S/C16H16F3NO/c17-16(18,19)12-3-5-13(6-4-12)21-14-7-8-15-11(10-14)2-1-9-20-15/h1-2,7-10,12-13H,3-6H2. The Morgan fingerprint density at radius 2 is 1.81 bits per heavy atom. The van der Waals surface area contributed by atoms with Crippen LogP contribution < -0.4 is 4.74 Å². The van der Waals surface area contributed by atoms with E-state index in [4.69, 9.17) is 4.74 Å². The van der Waals surface area contributed by atoms with Gasteiger partial charge in [0, 0.05) is 11.6 Å². The van der Waals surface area contributed by atoms with Crippen molar-refractivity contribution in [2.24, 2.45) is 5.92 Å². The highest BCUT2D eigenvalue weighted by Gasteiger charge is 2.41. The van der Waals surface area contributed by atoms with Crippen molar-refractivity contribution in [2.75, 3.05) is 0 Å². The summed E-state index contributed by atoms with van der Waals surface area (Å²) in [5, 5.41) is 0.971. The highest BCUT2D eigenvalue weighted by molar-refractivity contribution is 5.79. The van der Waals surface area contributed by atoms with Crippen LogP contribution in [0.2, 0.25) is 0 Å². The molecule has 0 bridgehead atoms. The van der Waals surface area contributed by atoms with Gasteiger partial charge < -0.3 is 4.74 Å². The number of pyridine rings is 1. The molecule has 2 aromatic rings. The zero-order chi connectivity index (χ0) is 14.9. The Bertz CT molecular complexity index is 618. The van der Waals surface area contributed by atoms with Crippen molar-refractivity contribution < 1.29 is 17.9 Å². The Balaban J connectivity index is 1.64. The van der Waals surface area contributed by atoms with Gasteiger partial charge in [-0.25, -0.2) is 0 Å². The number of fused-ring (bicyclic) bond motifs is 1. The second kappa shape index (κ2) is 5.54. The Labute approximate surface area is 120 Å². The third-order valence-corrected chi connectivity index (χ3v) is 4.01. The lowest BCUT2D eigenvalue weighted by atomic mass is 9.87. The Morgan fingerprint density at radius 3 is 2.52 bits per heavy atom. The summed E-state index contributed by atoms with van der Waals surface area (Å²) in [7, 11) is 0. The molecule has 21 heavy (non-hydrogen) atoms. The zero-order valence-electron chi connectivity index (χ0n) is 11.4. The van der Waals surface area contributed by atoms with E-state index in [1.165, 1.54) is 0 Å². The fraction of sp³-hybridized carbons (Fsp3) is 0.438. The fourth-order valence-corrected chi connectivity index (χ4v) is 2.83. The van der Waals surface area contributed by atoms with Crippen molar-refractivity contribution in [3.05, 3.63) is 36.5 Å². The average molecular weight is 295 g/mol. The molecule has 2 nitrogen and oxygen atoms in total. The van der Waals surface area contributed by atoms with Crippen LogP contribution in [0.15, 0.2) is 36.5 Å². The minimum Gasteiger partial charge on any atom is -0.490 e. The number of benzene rings is 1. The van der Waals surface area contributed by atoms with E-state index in [0.717, 1.165) is 10.9 Å². The van der Waals surface area contributed by atoms with Gasteiger partial charge in [0.05, 0.1) is 17.5 Å². The number of alkyl halides is 3. The van der Waals surface area contributed by atoms with Crippen LogP contribution in [0.1, 0.15) is 25.7 Å². The first kappa shape index (κ1) is 14.2. The first-order valence-corrected chi connectivity index (χ1v) is 7.10. The summed E-state index contributed by atoms with van der Waals surface area (Å²) in [6, 6.07) is 9.37. The van der Waals surface area contributed by atoms with Gasteiger partial charge in [0.2, 0.25) is 0 Å². The van der Waals surface area contributed by atoms with Crippen LogP contribution in [0, 0.1) is 5.92 Å². The van der Waals surface area contributed by atoms with E-state index in [1.807, 2.05) is 30.3 Å². The molecule has 1 aromatic heterocycles. The normalized spacial score (nSPS) is 23.2. The van der Waals surface area contributed by atoms with E-state index in [1.54, 1.807) is 6.20 Å². The Morgan fingerprint density at radius 1 is 1.05 bits per heavy atom. The predicted octanol–water partition coefficient (Wildman–Crippen LogP) is 4.73. The molecule has 1 heterocycles. The first-order valence-electron chi connectivity index (χ1n) is 7.10. The molecule has 0 spiro atoms. The average Bonchev–Trinajstić information content (AvgIpc) is 2.47. The summed E-state index contributed by atoms with van der Waals surface area (Å²) in [5.41, 5.74) is 0.880. The molecule has 0 atom stereocenters. The summed E-state index contributed by atoms with van der Waals surface area (Å²) in [5.74, 6) is -0.468. The van der Waals surface area contributed by atoms with Crippen LogP contribution in [-0.2, 0) is 0 Å². The lowest BCUT2D eigenvalue weighted by Crippen LogP contribution is -2.31. The molecule has 0 aliphatic heterocycles. The number of halogens is 3. The van der Waals surface area contributed by atoms with Crippen LogP contribution in [0.5, 0.6) is 5.75 Å². The van der Waals surface area contributed by atoms with Crippen LogP contribution in [0.4, 0.5) is 13.2 Å². The molecule has 0 saturated heterocycles. The third kappa shape index (κ3) is 3.28. The summed E-state index contributed by atoms with van der Waals surface area (Å²) >= 11 is 0. The van der Waals surface area contributed by atoms with Crippen LogP contribution in [-0.4, -0.2) is 17.3 Å². The quantitative estimate of drug-likeness (QED) is 0.798. The van der Waals surface area contributed by atoms with Crippen molar-refractivity contribution >= 4 is 10.9 Å². The van der Waals surface area contributed by atoms with Gasteiger partial charge in [-0.15, -0.1) is 0 Å². The molecule has 1 aromatic carbocycles. The molecule has 3 rings (SSSR count). The molecule has 5 heteroatoms. The van der Waals surface area contributed by atoms with Crippen LogP contribution in [0.3, 0.4) is 0 Å². The first-order chi connectivity index (χ1) is 10.0. The number of ether oxygens (including phenoxy) is 1. The number of aromatic nitrogens is 1. The van der Waals surface area contributed by atoms with Gasteiger partial charge in [0.15, 0.2) is 0 Å². The van der Waals surface area contributed by atoms with Gasteiger partial charge >= 0.3 is 6.18 Å². The maximum Gasteiger partial charge on any atom is 0.391 e. The largest absolute Gasteiger partial charge is 0.490 e. The number of nitrogens with zero attached hydrogens (tertiary/aromatic N) is 1. The molecule has 112 valence electrons. The summed E-state index contributed by atoms with van der Waals surface area (Å²) in [6.07, 6.45) is -1.25. The minimum absolute atomic E-state index is 0.127. The Hall–Kier alpha value is -1.78. The van der Waals surface area contributed by atoms with E-state index in [2.05, 4.69) is 4.98 Å². The van der Waals surface area contributed by atoms with E-state index in [0.29, 0.717) is 18.6 Å². The summed E-state index contributed by atoms with van der Waals surface area (Å²) in [6.45, 7) is 0. The molecule has 1 saturated carbocycles. The lowest BCUT2D eigenvalue weighted by molar-refractivity contribution is -0.185. The second-order valence-corrected chi connectivity index (χ2v) is 5.49. The van der Waals surface area contributed by atoms with Gasteiger partial charge in [-0.3, -0.25) is 4.98 Å². The molecule has 1 aliphatic carbocycles. The van der Waals surface area contributed by atoms with Gasteiger partial charge in [-0.05, 0) is 49.9 Å². The van der Waals surface area contributed by atoms with Crippen molar-refractivity contribution in [2.45, 2.75) is 38.0 Å². The SMILES string of the molecule is FC(F)(F)C1CCC(Oc2ccc3ncccc3c2)CC1. The summed E-state index contributed by atoms with van der Waals surface area (Å²) < 4.78 is 43.7. The number of hydrogen-bond acceptors (Lipinski definition) is 2. The van der Waals surface area contributed by atoms with Gasteiger partial charge in [-0.1, -0.05) is 6.07 Å². The third-order valence-electron chi connectivity index (χ3n) is 4.01. The second-order valence-electron chi connectivity index (χ2n) is 5.49. The predicted molar refractivity (Wildman–Crippen MR) is 74.2 cm³/mol. The van der Waals surface area contributed by atoms with Gasteiger partial charge in [0.1, 0.15) is 5.75 Å². The van der Waals surface area contributed by atoms with E-state index >= 15 is 0 Å². The van der Waals surface area contributed by atoms with Crippen molar-refractivity contribution in [1.29, 1.82) is 0 Å². The molecule has 0 unspecified atom stereocenters. The maximum atomic E-state index is 12.6. The maximum absolute atomic E-state index is 12.6. The van der Waals surface area contributed by atoms with Crippen molar-refractivity contribution in [3.63, 3.8) is 0 Å². The fourth-order valence-electron chi connectivity index (χ4n) is 2.83. The van der Waals surface area contributed by atoms with Crippen LogP contribution in [0.25, 0.3) is 10.9 Å². The smallest absolute Gasteiger partial charge is 0.391 e. The monoisotopic (exact) mass is 295 g/mol. The molecular formula is C16H16F3NO. The molecule has 0 radical (unpaired) electrons. The zero-order valence-corrected chi connectivity index (χ0v) is 11.4. The van der Waals surface area contributed by atoms with E-state index in [9.17, 15) is 13.2 Å². The number of rotatable bonds is 2. The van der Waals surface area contributed by atoms with Crippen LogP contribution >= 0.6 is 0 Å². The lowest BCUT2D eigenvalue weighted by Gasteiger charge is -2.30. The summed E-state index contributed by atoms with van der Waals surface area (Å²) in [4.78, 5) is 4.23. The minimum atomic E-state index is -4.07. The molecule has 0 N–H and O–H groups in total. The van der Waals surface area contributed by atoms with Crippen molar-refractivity contribution in [1.82, 2.24) is 4.98 Å². The Kier molecular flexibility index (Phi) is 3.74. The van der Waals surface area contributed by atoms with Gasteiger partial charge in [-0.2, -0.15) is 13.2 Å². The highest BCUT2D eigenvalue weighted by Crippen LogP contribution is 2.38. The highest BCUT2D eigenvalue weighted by atomic mass is 19.4. The molecule has 1 aliphatic rings. The molecule has 1 fully saturated rings. The van der Waals surface area contributed by atoms with E-state index < -0.39 is 12.1 Å². The van der Waals surface area contributed by atoms with E-state index in [-0.39, 0.29) is 18.9 Å².